The van der Waals surface area contributed by atoms with Gasteiger partial charge in [0.2, 0.25) is 5.91 Å². The van der Waals surface area contributed by atoms with E-state index < -0.39 is 34.5 Å². The molecule has 2 unspecified atom stereocenters. The highest BCUT2D eigenvalue weighted by Crippen LogP contribution is 2.34. The molecule has 1 aromatic carbocycles. The fraction of sp³-hybridized carbons (Fsp3) is 0.588. The van der Waals surface area contributed by atoms with Crippen molar-refractivity contribution in [2.75, 3.05) is 42.0 Å². The molecule has 11 heteroatoms. The Morgan fingerprint density at radius 1 is 1.21 bits per heavy atom. The van der Waals surface area contributed by atoms with Crippen LogP contribution in [0.3, 0.4) is 0 Å². The van der Waals surface area contributed by atoms with Crippen molar-refractivity contribution in [3.05, 3.63) is 23.8 Å². The van der Waals surface area contributed by atoms with Gasteiger partial charge >= 0.3 is 0 Å². The van der Waals surface area contributed by atoms with Gasteiger partial charge in [-0.1, -0.05) is 6.07 Å². The summed E-state index contributed by atoms with van der Waals surface area (Å²) in [6.45, 7) is 0.102. The number of carbonyl (C=O) groups is 1. The molecule has 0 aromatic heterocycles. The van der Waals surface area contributed by atoms with E-state index in [9.17, 15) is 13.2 Å². The van der Waals surface area contributed by atoms with Crippen molar-refractivity contribution in [2.24, 2.45) is 0 Å². The first-order valence-corrected chi connectivity index (χ1v) is 10.0. The molecule has 1 saturated heterocycles. The molecule has 158 valence electrons. The van der Waals surface area contributed by atoms with Crippen LogP contribution in [0, 0.1) is 0 Å². The number of likely N-dealkylation sites (N-methyl/N-ethyl adjacent to an activating group) is 1. The zero-order valence-corrected chi connectivity index (χ0v) is 17.4. The SMILES string of the molecule is COc1ccc(C2CC(C(=O)NCC(OC)OC)N(C)S(=O)(=O)N2)cc1OC. The summed E-state index contributed by atoms with van der Waals surface area (Å²) < 4.78 is 49.3. The Bertz CT molecular complexity index is 783. The highest BCUT2D eigenvalue weighted by atomic mass is 32.2. The van der Waals surface area contributed by atoms with Crippen LogP contribution in [0.5, 0.6) is 11.5 Å². The van der Waals surface area contributed by atoms with Gasteiger partial charge in [-0.15, -0.1) is 0 Å². The molecule has 0 spiro atoms. The maximum absolute atomic E-state index is 12.6. The molecule has 1 aromatic rings. The largest absolute Gasteiger partial charge is 0.493 e. The molecular weight excluding hydrogens is 390 g/mol. The van der Waals surface area contributed by atoms with Gasteiger partial charge in [0, 0.05) is 21.3 Å². The lowest BCUT2D eigenvalue weighted by Crippen LogP contribution is -2.57. The first kappa shape index (κ1) is 22.4. The minimum Gasteiger partial charge on any atom is -0.493 e. The molecule has 2 rings (SSSR count). The number of methoxy groups -OCH3 is 4. The molecule has 0 radical (unpaired) electrons. The Hall–Kier alpha value is -1.92. The van der Waals surface area contributed by atoms with Crippen molar-refractivity contribution in [1.29, 1.82) is 0 Å². The van der Waals surface area contributed by atoms with Gasteiger partial charge in [-0.3, -0.25) is 4.79 Å². The summed E-state index contributed by atoms with van der Waals surface area (Å²) in [5, 5.41) is 2.67. The minimum atomic E-state index is -3.85. The summed E-state index contributed by atoms with van der Waals surface area (Å²) in [4.78, 5) is 12.6. The molecule has 0 saturated carbocycles. The Balaban J connectivity index is 2.23. The Morgan fingerprint density at radius 2 is 1.86 bits per heavy atom. The first-order valence-electron chi connectivity index (χ1n) is 8.57. The average Bonchev–Trinajstić information content (AvgIpc) is 2.69. The first-order chi connectivity index (χ1) is 13.3. The van der Waals surface area contributed by atoms with E-state index in [1.807, 2.05) is 0 Å². The van der Waals surface area contributed by atoms with Crippen LogP contribution >= 0.6 is 0 Å². The van der Waals surface area contributed by atoms with Crippen LogP contribution in [0.25, 0.3) is 0 Å². The van der Waals surface area contributed by atoms with Crippen LogP contribution in [0.1, 0.15) is 18.0 Å². The van der Waals surface area contributed by atoms with Crippen molar-refractivity contribution in [3.63, 3.8) is 0 Å². The lowest BCUT2D eigenvalue weighted by Gasteiger charge is -2.36. The number of carbonyl (C=O) groups excluding carboxylic acids is 1. The molecule has 1 amide bonds. The topological polar surface area (TPSA) is 115 Å². The summed E-state index contributed by atoms with van der Waals surface area (Å²) in [7, 11) is 3.43. The number of nitrogens with zero attached hydrogens (tertiary/aromatic N) is 1. The van der Waals surface area contributed by atoms with E-state index in [0.717, 1.165) is 4.31 Å². The number of hydrogen-bond donors (Lipinski definition) is 2. The molecule has 28 heavy (non-hydrogen) atoms. The molecule has 0 aliphatic carbocycles. The normalized spacial score (nSPS) is 22.1. The quantitative estimate of drug-likeness (QED) is 0.573. The van der Waals surface area contributed by atoms with Gasteiger partial charge in [-0.25, -0.2) is 0 Å². The van der Waals surface area contributed by atoms with Crippen LogP contribution in [0.15, 0.2) is 18.2 Å². The fourth-order valence-electron chi connectivity index (χ4n) is 2.96. The highest BCUT2D eigenvalue weighted by Gasteiger charge is 2.40. The number of amides is 1. The summed E-state index contributed by atoms with van der Waals surface area (Å²) in [6.07, 6.45) is -0.379. The van der Waals surface area contributed by atoms with Crippen LogP contribution < -0.4 is 19.5 Å². The monoisotopic (exact) mass is 417 g/mol. The van der Waals surface area contributed by atoms with E-state index in [-0.39, 0.29) is 13.0 Å². The third kappa shape index (κ3) is 4.92. The van der Waals surface area contributed by atoms with Gasteiger partial charge < -0.3 is 24.3 Å². The molecule has 1 fully saturated rings. The van der Waals surface area contributed by atoms with Crippen molar-refractivity contribution in [1.82, 2.24) is 14.3 Å². The van der Waals surface area contributed by atoms with E-state index >= 15 is 0 Å². The minimum absolute atomic E-state index is 0.102. The van der Waals surface area contributed by atoms with E-state index in [1.54, 1.807) is 18.2 Å². The fourth-order valence-corrected chi connectivity index (χ4v) is 4.24. The summed E-state index contributed by atoms with van der Waals surface area (Å²) >= 11 is 0. The molecule has 1 aliphatic heterocycles. The number of hydrogen-bond acceptors (Lipinski definition) is 7. The van der Waals surface area contributed by atoms with Crippen LogP contribution in [-0.4, -0.2) is 73.0 Å². The lowest BCUT2D eigenvalue weighted by atomic mass is 9.99. The standard InChI is InChI=1S/C17H27N3O7S/c1-20-13(17(21)18-10-16(26-4)27-5)9-12(19-28(20,22)23)11-6-7-14(24-2)15(8-11)25-3/h6-8,12-13,16,19H,9-10H2,1-5H3,(H,18,21). The van der Waals surface area contributed by atoms with Gasteiger partial charge in [-0.2, -0.15) is 17.4 Å². The number of nitrogens with one attached hydrogen (secondary N) is 2. The van der Waals surface area contributed by atoms with Crippen molar-refractivity contribution in [2.45, 2.75) is 24.8 Å². The summed E-state index contributed by atoms with van der Waals surface area (Å²) in [6, 6.07) is 3.63. The third-order valence-corrected chi connectivity index (χ3v) is 6.24. The molecular formula is C17H27N3O7S. The summed E-state index contributed by atoms with van der Waals surface area (Å²) in [5.41, 5.74) is 0.666. The van der Waals surface area contributed by atoms with Crippen molar-refractivity contribution < 1.29 is 32.2 Å². The van der Waals surface area contributed by atoms with Gasteiger partial charge in [0.25, 0.3) is 10.2 Å². The second-order valence-corrected chi connectivity index (χ2v) is 7.97. The molecule has 1 heterocycles. The maximum Gasteiger partial charge on any atom is 0.280 e. The second-order valence-electron chi connectivity index (χ2n) is 6.20. The van der Waals surface area contributed by atoms with E-state index in [4.69, 9.17) is 18.9 Å². The second kappa shape index (κ2) is 9.52. The zero-order valence-electron chi connectivity index (χ0n) is 16.6. The highest BCUT2D eigenvalue weighted by molar-refractivity contribution is 7.87. The number of ether oxygens (including phenoxy) is 4. The predicted molar refractivity (Wildman–Crippen MR) is 101 cm³/mol. The Morgan fingerprint density at radius 3 is 2.43 bits per heavy atom. The number of rotatable bonds is 8. The van der Waals surface area contributed by atoms with Crippen molar-refractivity contribution >= 4 is 16.1 Å². The molecule has 1 aliphatic rings. The van der Waals surface area contributed by atoms with Gasteiger partial charge in [0.15, 0.2) is 17.8 Å². The Kier molecular flexibility index (Phi) is 7.61. The average molecular weight is 417 g/mol. The van der Waals surface area contributed by atoms with Crippen molar-refractivity contribution in [3.8, 4) is 11.5 Å². The Labute approximate surface area is 165 Å². The van der Waals surface area contributed by atoms with Gasteiger partial charge in [-0.05, 0) is 24.1 Å². The zero-order chi connectivity index (χ0) is 20.9. The smallest absolute Gasteiger partial charge is 0.280 e. The van der Waals surface area contributed by atoms with E-state index in [2.05, 4.69) is 10.0 Å². The van der Waals surface area contributed by atoms with Gasteiger partial charge in [0.05, 0.1) is 26.8 Å². The van der Waals surface area contributed by atoms with E-state index in [0.29, 0.717) is 17.1 Å². The van der Waals surface area contributed by atoms with Crippen LogP contribution in [0.4, 0.5) is 0 Å². The maximum atomic E-state index is 12.6. The number of benzene rings is 1. The summed E-state index contributed by atoms with van der Waals surface area (Å²) in [5.74, 6) is 0.570. The van der Waals surface area contributed by atoms with Gasteiger partial charge in [0.1, 0.15) is 6.04 Å². The molecule has 0 bridgehead atoms. The molecule has 2 atom stereocenters. The van der Waals surface area contributed by atoms with Crippen LogP contribution in [-0.2, 0) is 24.5 Å². The molecule has 10 nitrogen and oxygen atoms in total. The molecule has 2 N–H and O–H groups in total. The van der Waals surface area contributed by atoms with Crippen LogP contribution in [0.2, 0.25) is 0 Å². The van der Waals surface area contributed by atoms with E-state index in [1.165, 1.54) is 35.5 Å². The predicted octanol–water partition coefficient (Wildman–Crippen LogP) is 0.0185. The lowest BCUT2D eigenvalue weighted by molar-refractivity contribution is -0.131. The third-order valence-electron chi connectivity index (χ3n) is 4.65.